The molecule has 0 saturated heterocycles. The molecule has 0 amide bonds. The second kappa shape index (κ2) is 4.04. The van der Waals surface area contributed by atoms with Crippen molar-refractivity contribution in [1.82, 2.24) is 9.78 Å². The Morgan fingerprint density at radius 1 is 1.57 bits per heavy atom. The molecule has 0 atom stereocenters. The Morgan fingerprint density at radius 2 is 2.21 bits per heavy atom. The van der Waals surface area contributed by atoms with Gasteiger partial charge in [0.1, 0.15) is 5.69 Å². The van der Waals surface area contributed by atoms with Gasteiger partial charge in [-0.15, -0.1) is 0 Å². The Morgan fingerprint density at radius 3 is 2.71 bits per heavy atom. The summed E-state index contributed by atoms with van der Waals surface area (Å²) in [7, 11) is 0. The Balaban J connectivity index is 2.92. The smallest absolute Gasteiger partial charge is 0.301 e. The summed E-state index contributed by atoms with van der Waals surface area (Å²) in [6.45, 7) is 3.70. The fraction of sp³-hybridized carbons (Fsp3) is 0.667. The largest absolute Gasteiger partial charge is 0.325 e. The van der Waals surface area contributed by atoms with Gasteiger partial charge in [-0.2, -0.15) is 13.9 Å². The minimum absolute atomic E-state index is 0.103. The van der Waals surface area contributed by atoms with Crippen LogP contribution in [-0.4, -0.2) is 16.3 Å². The van der Waals surface area contributed by atoms with Gasteiger partial charge in [-0.1, -0.05) is 13.8 Å². The highest BCUT2D eigenvalue weighted by Crippen LogP contribution is 2.26. The van der Waals surface area contributed by atoms with Crippen molar-refractivity contribution in [2.45, 2.75) is 26.3 Å². The van der Waals surface area contributed by atoms with Gasteiger partial charge < -0.3 is 5.73 Å². The van der Waals surface area contributed by atoms with E-state index in [1.807, 2.05) is 13.8 Å². The first kappa shape index (κ1) is 11.1. The Kier molecular flexibility index (Phi) is 3.21. The van der Waals surface area contributed by atoms with Crippen LogP contribution in [0.2, 0.25) is 0 Å². The minimum atomic E-state index is -2.98. The van der Waals surface area contributed by atoms with Crippen LogP contribution in [0.3, 0.4) is 0 Å². The van der Waals surface area contributed by atoms with Gasteiger partial charge in [0.15, 0.2) is 0 Å². The van der Waals surface area contributed by atoms with Gasteiger partial charge in [0, 0.05) is 12.7 Å². The van der Waals surface area contributed by atoms with E-state index in [4.69, 9.17) is 5.73 Å². The maximum Gasteiger partial charge on any atom is 0.301 e. The topological polar surface area (TPSA) is 43.8 Å². The van der Waals surface area contributed by atoms with E-state index in [1.165, 1.54) is 16.9 Å². The van der Waals surface area contributed by atoms with Gasteiger partial charge in [-0.3, -0.25) is 4.68 Å². The van der Waals surface area contributed by atoms with Crippen LogP contribution in [0.1, 0.15) is 19.5 Å². The lowest BCUT2D eigenvalue weighted by atomic mass is 10.2. The maximum absolute atomic E-state index is 13.2. The Hall–Kier alpha value is -0.970. The monoisotopic (exact) mass is 203 g/mol. The van der Waals surface area contributed by atoms with Crippen LogP contribution in [0.4, 0.5) is 8.78 Å². The number of rotatable bonds is 4. The van der Waals surface area contributed by atoms with E-state index < -0.39 is 12.5 Å². The van der Waals surface area contributed by atoms with Crippen LogP contribution in [0.5, 0.6) is 0 Å². The van der Waals surface area contributed by atoms with Crippen molar-refractivity contribution >= 4 is 0 Å². The minimum Gasteiger partial charge on any atom is -0.325 e. The van der Waals surface area contributed by atoms with Crippen LogP contribution < -0.4 is 5.73 Å². The van der Waals surface area contributed by atoms with Crippen LogP contribution in [0.15, 0.2) is 12.3 Å². The molecule has 0 aromatic carbocycles. The first-order valence-electron chi connectivity index (χ1n) is 4.57. The average molecular weight is 203 g/mol. The van der Waals surface area contributed by atoms with Crippen LogP contribution in [0.25, 0.3) is 0 Å². The number of aromatic nitrogens is 2. The molecular formula is C9H15F2N3. The fourth-order valence-electron chi connectivity index (χ4n) is 1.24. The zero-order valence-corrected chi connectivity index (χ0v) is 8.37. The molecule has 1 heterocycles. The molecule has 0 spiro atoms. The second-order valence-electron chi connectivity index (χ2n) is 3.70. The summed E-state index contributed by atoms with van der Waals surface area (Å²) in [4.78, 5) is 0. The van der Waals surface area contributed by atoms with Crippen molar-refractivity contribution in [2.24, 2.45) is 11.7 Å². The molecule has 2 N–H and O–H groups in total. The van der Waals surface area contributed by atoms with Crippen molar-refractivity contribution < 1.29 is 8.78 Å². The molecule has 0 radical (unpaired) electrons. The highest BCUT2D eigenvalue weighted by atomic mass is 19.3. The number of nitrogens with two attached hydrogens (primary N) is 1. The lowest BCUT2D eigenvalue weighted by Gasteiger charge is -2.16. The first-order chi connectivity index (χ1) is 6.47. The highest BCUT2D eigenvalue weighted by Gasteiger charge is 2.33. The molecule has 1 aromatic rings. The number of hydrogen-bond acceptors (Lipinski definition) is 2. The molecule has 0 aliphatic rings. The van der Waals surface area contributed by atoms with Gasteiger partial charge in [-0.25, -0.2) is 0 Å². The normalized spacial score (nSPS) is 12.4. The molecule has 0 aliphatic heterocycles. The summed E-state index contributed by atoms with van der Waals surface area (Å²) in [5.74, 6) is -2.70. The molecule has 0 aliphatic carbocycles. The van der Waals surface area contributed by atoms with Crippen molar-refractivity contribution in [2.75, 3.05) is 6.54 Å². The van der Waals surface area contributed by atoms with Crippen molar-refractivity contribution in [1.29, 1.82) is 0 Å². The standard InChI is InChI=1S/C9H15F2N3/c1-7(2)5-14-8(3-4-13-14)9(10,11)6-12/h3-4,7H,5-6,12H2,1-2H3. The van der Waals surface area contributed by atoms with Gasteiger partial charge >= 0.3 is 5.92 Å². The third-order valence-corrected chi connectivity index (χ3v) is 1.89. The van der Waals surface area contributed by atoms with E-state index in [9.17, 15) is 8.78 Å². The van der Waals surface area contributed by atoms with Crippen molar-refractivity contribution in [3.8, 4) is 0 Å². The predicted octanol–water partition coefficient (Wildman–Crippen LogP) is 1.59. The number of alkyl halides is 2. The van der Waals surface area contributed by atoms with E-state index in [1.54, 1.807) is 0 Å². The predicted molar refractivity (Wildman–Crippen MR) is 50.0 cm³/mol. The van der Waals surface area contributed by atoms with Crippen molar-refractivity contribution in [3.63, 3.8) is 0 Å². The molecule has 0 saturated carbocycles. The van der Waals surface area contributed by atoms with E-state index in [2.05, 4.69) is 5.10 Å². The van der Waals surface area contributed by atoms with Crippen molar-refractivity contribution in [3.05, 3.63) is 18.0 Å². The van der Waals surface area contributed by atoms with E-state index in [0.29, 0.717) is 6.54 Å². The number of halogens is 2. The summed E-state index contributed by atoms with van der Waals surface area (Å²) in [6, 6.07) is 1.31. The molecule has 3 nitrogen and oxygen atoms in total. The first-order valence-corrected chi connectivity index (χ1v) is 4.57. The molecule has 0 fully saturated rings. The van der Waals surface area contributed by atoms with E-state index in [0.717, 1.165) is 0 Å². The molecule has 5 heteroatoms. The summed E-state index contributed by atoms with van der Waals surface area (Å²) >= 11 is 0. The highest BCUT2D eigenvalue weighted by molar-refractivity contribution is 5.08. The fourth-order valence-corrected chi connectivity index (χ4v) is 1.24. The summed E-state index contributed by atoms with van der Waals surface area (Å²) in [6.07, 6.45) is 1.38. The molecule has 80 valence electrons. The zero-order valence-electron chi connectivity index (χ0n) is 8.37. The molecule has 1 aromatic heterocycles. The van der Waals surface area contributed by atoms with Crippen LogP contribution in [0, 0.1) is 5.92 Å². The molecule has 1 rings (SSSR count). The van der Waals surface area contributed by atoms with Gasteiger partial charge in [0.25, 0.3) is 0 Å². The number of nitrogens with zero attached hydrogens (tertiary/aromatic N) is 2. The number of hydrogen-bond donors (Lipinski definition) is 1. The zero-order chi connectivity index (χ0) is 10.8. The van der Waals surface area contributed by atoms with E-state index >= 15 is 0 Å². The third kappa shape index (κ3) is 2.29. The molecule has 0 unspecified atom stereocenters. The third-order valence-electron chi connectivity index (χ3n) is 1.89. The average Bonchev–Trinajstić information content (AvgIpc) is 2.52. The summed E-state index contributed by atoms with van der Waals surface area (Å²) in [5.41, 5.74) is 4.90. The maximum atomic E-state index is 13.2. The van der Waals surface area contributed by atoms with Gasteiger partial charge in [0.2, 0.25) is 0 Å². The van der Waals surface area contributed by atoms with Gasteiger partial charge in [-0.05, 0) is 12.0 Å². The molecular weight excluding hydrogens is 188 g/mol. The Labute approximate surface area is 81.9 Å². The summed E-state index contributed by atoms with van der Waals surface area (Å²) in [5, 5.41) is 3.85. The molecule has 14 heavy (non-hydrogen) atoms. The lowest BCUT2D eigenvalue weighted by Crippen LogP contribution is -2.29. The van der Waals surface area contributed by atoms with E-state index in [-0.39, 0.29) is 11.6 Å². The van der Waals surface area contributed by atoms with Gasteiger partial charge in [0.05, 0.1) is 6.54 Å². The Bertz CT molecular complexity index is 294. The quantitative estimate of drug-likeness (QED) is 0.807. The van der Waals surface area contributed by atoms with Crippen LogP contribution >= 0.6 is 0 Å². The SMILES string of the molecule is CC(C)Cn1nccc1C(F)(F)CN. The van der Waals surface area contributed by atoms with Crippen LogP contribution in [-0.2, 0) is 12.5 Å². The second-order valence-corrected chi connectivity index (χ2v) is 3.70. The lowest BCUT2D eigenvalue weighted by molar-refractivity contribution is -0.00392. The molecule has 0 bridgehead atoms. The summed E-state index contributed by atoms with van der Waals surface area (Å²) < 4.78 is 27.8.